The Hall–Kier alpha value is -1.70. The Balaban J connectivity index is 0.00000272. The lowest BCUT2D eigenvalue weighted by Crippen LogP contribution is -2.49. The maximum absolute atomic E-state index is 10.5. The smallest absolute Gasteiger partial charge is 0.161 e. The number of piperidine rings is 1. The normalized spacial score (nSPS) is 18.0. The predicted molar refractivity (Wildman–Crippen MR) is 122 cm³/mol. The zero-order valence-electron chi connectivity index (χ0n) is 17.3. The molecule has 1 spiro atoms. The molecule has 2 aromatic carbocycles. The molecule has 0 bridgehead atoms. The van der Waals surface area contributed by atoms with Crippen LogP contribution in [0.15, 0.2) is 42.5 Å². The van der Waals surface area contributed by atoms with Crippen LogP contribution < -0.4 is 14.2 Å². The maximum atomic E-state index is 10.5. The van der Waals surface area contributed by atoms with Crippen molar-refractivity contribution in [3.8, 4) is 17.2 Å². The number of hydrogen-bond donors (Lipinski definition) is 2. The van der Waals surface area contributed by atoms with Crippen LogP contribution in [0.25, 0.3) is 0 Å². The first kappa shape index (κ1) is 24.0. The minimum atomic E-state index is -0.606. The van der Waals surface area contributed by atoms with Crippen molar-refractivity contribution in [2.45, 2.75) is 31.0 Å². The number of rotatable bonds is 8. The van der Waals surface area contributed by atoms with Crippen LogP contribution in [0.5, 0.6) is 17.2 Å². The van der Waals surface area contributed by atoms with Gasteiger partial charge in [-0.2, -0.15) is 0 Å². The van der Waals surface area contributed by atoms with E-state index >= 15 is 0 Å². The highest BCUT2D eigenvalue weighted by Gasteiger charge is 2.42. The molecule has 0 amide bonds. The summed E-state index contributed by atoms with van der Waals surface area (Å²) in [5.41, 5.74) is 1.04. The number of aliphatic hydroxyl groups excluding tert-OH is 2. The zero-order valence-corrected chi connectivity index (χ0v) is 18.9. The Bertz CT molecular complexity index is 858. The Labute approximate surface area is 194 Å². The molecule has 0 aromatic heterocycles. The number of aliphatic hydroxyl groups is 2. The molecule has 0 aliphatic carbocycles. The molecule has 170 valence electrons. The molecule has 4 rings (SSSR count). The average molecular weight is 470 g/mol. The van der Waals surface area contributed by atoms with Crippen molar-refractivity contribution in [2.75, 3.05) is 39.5 Å². The Morgan fingerprint density at radius 2 is 1.81 bits per heavy atom. The van der Waals surface area contributed by atoms with Crippen molar-refractivity contribution in [2.24, 2.45) is 0 Å². The van der Waals surface area contributed by atoms with E-state index in [0.29, 0.717) is 18.0 Å². The molecule has 2 aliphatic heterocycles. The van der Waals surface area contributed by atoms with Gasteiger partial charge in [0.25, 0.3) is 0 Å². The quantitative estimate of drug-likeness (QED) is 0.617. The number of nitrogens with zero attached hydrogens (tertiary/aromatic N) is 1. The number of halogens is 2. The van der Waals surface area contributed by atoms with Crippen LogP contribution in [0.1, 0.15) is 18.4 Å². The molecule has 1 saturated heterocycles. The van der Waals surface area contributed by atoms with Crippen LogP contribution in [0.4, 0.5) is 0 Å². The third-order valence-corrected chi connectivity index (χ3v) is 5.96. The van der Waals surface area contributed by atoms with Crippen LogP contribution in [0, 0.1) is 0 Å². The van der Waals surface area contributed by atoms with E-state index in [2.05, 4.69) is 4.90 Å². The molecule has 1 atom stereocenters. The van der Waals surface area contributed by atoms with E-state index in [4.69, 9.17) is 30.9 Å². The van der Waals surface area contributed by atoms with Gasteiger partial charge in [-0.15, -0.1) is 12.4 Å². The van der Waals surface area contributed by atoms with E-state index < -0.39 is 6.10 Å². The van der Waals surface area contributed by atoms with Gasteiger partial charge >= 0.3 is 0 Å². The van der Waals surface area contributed by atoms with Gasteiger partial charge in [-0.05, 0) is 35.9 Å². The largest absolute Gasteiger partial charge is 0.487 e. The van der Waals surface area contributed by atoms with Crippen molar-refractivity contribution in [3.63, 3.8) is 0 Å². The second-order valence-electron chi connectivity index (χ2n) is 8.00. The average Bonchev–Trinajstić information content (AvgIpc) is 3.10. The van der Waals surface area contributed by atoms with Crippen molar-refractivity contribution in [3.05, 3.63) is 53.1 Å². The lowest BCUT2D eigenvalue weighted by atomic mass is 9.87. The number of fused-ring (bicyclic) bond motifs is 1. The summed E-state index contributed by atoms with van der Waals surface area (Å²) < 4.78 is 17.5. The zero-order chi connectivity index (χ0) is 21.0. The Morgan fingerprint density at radius 1 is 1.10 bits per heavy atom. The fraction of sp³-hybridized carbons (Fsp3) is 0.478. The Kier molecular flexibility index (Phi) is 8.30. The predicted octanol–water partition coefficient (Wildman–Crippen LogP) is 3.34. The fourth-order valence-electron chi connectivity index (χ4n) is 4.21. The molecular formula is C23H29Cl2NO5. The number of para-hydroxylation sites is 2. The van der Waals surface area contributed by atoms with Crippen molar-refractivity contribution < 1.29 is 24.4 Å². The van der Waals surface area contributed by atoms with E-state index in [1.165, 1.54) is 5.56 Å². The molecule has 8 heteroatoms. The lowest BCUT2D eigenvalue weighted by Gasteiger charge is -2.39. The monoisotopic (exact) mass is 469 g/mol. The SMILES string of the molecule is Cl.OCCOc1ccccc1OC[C@@H](O)CN1CCC2(CC1)Cc1cc(Cl)ccc1O2. The maximum Gasteiger partial charge on any atom is 0.161 e. The molecule has 2 aromatic rings. The van der Waals surface area contributed by atoms with Gasteiger partial charge in [0, 0.05) is 43.9 Å². The molecule has 0 saturated carbocycles. The van der Waals surface area contributed by atoms with Gasteiger partial charge < -0.3 is 29.3 Å². The van der Waals surface area contributed by atoms with E-state index in [1.54, 1.807) is 12.1 Å². The van der Waals surface area contributed by atoms with Gasteiger partial charge in [0.15, 0.2) is 11.5 Å². The van der Waals surface area contributed by atoms with E-state index in [-0.39, 0.29) is 37.8 Å². The van der Waals surface area contributed by atoms with Gasteiger partial charge in [0.05, 0.1) is 6.61 Å². The first-order chi connectivity index (χ1) is 14.6. The summed E-state index contributed by atoms with van der Waals surface area (Å²) in [7, 11) is 0. The molecule has 31 heavy (non-hydrogen) atoms. The first-order valence-corrected chi connectivity index (χ1v) is 10.8. The topological polar surface area (TPSA) is 71.4 Å². The molecule has 6 nitrogen and oxygen atoms in total. The van der Waals surface area contributed by atoms with Gasteiger partial charge in [0.1, 0.15) is 30.7 Å². The highest BCUT2D eigenvalue weighted by atomic mass is 35.5. The highest BCUT2D eigenvalue weighted by molar-refractivity contribution is 6.30. The van der Waals surface area contributed by atoms with Crippen LogP contribution in [0.3, 0.4) is 0 Å². The van der Waals surface area contributed by atoms with E-state index in [0.717, 1.165) is 43.1 Å². The third kappa shape index (κ3) is 5.96. The summed E-state index contributed by atoms with van der Waals surface area (Å²) in [6.45, 7) is 2.62. The summed E-state index contributed by atoms with van der Waals surface area (Å²) in [4.78, 5) is 2.26. The molecule has 0 unspecified atom stereocenters. The van der Waals surface area contributed by atoms with Crippen LogP contribution >= 0.6 is 24.0 Å². The van der Waals surface area contributed by atoms with E-state index in [1.807, 2.05) is 30.3 Å². The second kappa shape index (κ2) is 10.7. The van der Waals surface area contributed by atoms with Crippen molar-refractivity contribution >= 4 is 24.0 Å². The summed E-state index contributed by atoms with van der Waals surface area (Å²) in [5.74, 6) is 2.08. The Morgan fingerprint density at radius 3 is 2.52 bits per heavy atom. The standard InChI is InChI=1S/C23H28ClNO5.ClH/c24-18-5-6-20-17(13-18)14-23(30-20)7-9-25(10-8-23)15-19(27)16-29-22-4-2-1-3-21(22)28-12-11-26;/h1-6,13,19,26-27H,7-12,14-16H2;1H/t19-;/m0./s1. The number of hydrogen-bond acceptors (Lipinski definition) is 6. The summed E-state index contributed by atoms with van der Waals surface area (Å²) in [5, 5.41) is 20.1. The first-order valence-electron chi connectivity index (χ1n) is 10.4. The lowest BCUT2D eigenvalue weighted by molar-refractivity contribution is -0.00216. The van der Waals surface area contributed by atoms with Crippen molar-refractivity contribution in [1.29, 1.82) is 0 Å². The number of likely N-dealkylation sites (tertiary alicyclic amines) is 1. The number of benzene rings is 2. The number of ether oxygens (including phenoxy) is 3. The summed E-state index contributed by atoms with van der Waals surface area (Å²) in [6, 6.07) is 13.1. The van der Waals surface area contributed by atoms with Crippen LogP contribution in [-0.4, -0.2) is 66.3 Å². The second-order valence-corrected chi connectivity index (χ2v) is 8.43. The van der Waals surface area contributed by atoms with Crippen LogP contribution in [-0.2, 0) is 6.42 Å². The van der Waals surface area contributed by atoms with E-state index in [9.17, 15) is 5.11 Å². The molecule has 2 aliphatic rings. The van der Waals surface area contributed by atoms with Gasteiger partial charge in [-0.25, -0.2) is 0 Å². The molecule has 0 radical (unpaired) electrons. The summed E-state index contributed by atoms with van der Waals surface area (Å²) >= 11 is 6.12. The molecular weight excluding hydrogens is 441 g/mol. The minimum Gasteiger partial charge on any atom is -0.487 e. The highest BCUT2D eigenvalue weighted by Crippen LogP contribution is 2.41. The fourth-order valence-corrected chi connectivity index (χ4v) is 4.40. The van der Waals surface area contributed by atoms with Gasteiger partial charge in [-0.3, -0.25) is 0 Å². The molecule has 1 fully saturated rings. The minimum absolute atomic E-state index is 0. The molecule has 2 N–H and O–H groups in total. The van der Waals surface area contributed by atoms with Crippen LogP contribution in [0.2, 0.25) is 5.02 Å². The molecule has 2 heterocycles. The van der Waals surface area contributed by atoms with Gasteiger partial charge in [0.2, 0.25) is 0 Å². The van der Waals surface area contributed by atoms with Crippen molar-refractivity contribution in [1.82, 2.24) is 4.90 Å². The van der Waals surface area contributed by atoms with Gasteiger partial charge in [-0.1, -0.05) is 23.7 Å². The summed E-state index contributed by atoms with van der Waals surface area (Å²) in [6.07, 6.45) is 2.13. The number of β-amino-alcohol motifs (C(OH)–C–C–N with tert-alkyl or cyclic N) is 1. The third-order valence-electron chi connectivity index (χ3n) is 5.73.